The van der Waals surface area contributed by atoms with Crippen LogP contribution in [0.1, 0.15) is 29.9 Å². The van der Waals surface area contributed by atoms with Crippen molar-refractivity contribution in [2.75, 3.05) is 6.54 Å². The summed E-state index contributed by atoms with van der Waals surface area (Å²) in [6.07, 6.45) is 4.15. The van der Waals surface area contributed by atoms with E-state index in [1.807, 2.05) is 19.9 Å². The van der Waals surface area contributed by atoms with Gasteiger partial charge < -0.3 is 10.3 Å². The number of benzene rings is 1. The van der Waals surface area contributed by atoms with Gasteiger partial charge in [-0.1, -0.05) is 24.6 Å². The Morgan fingerprint density at radius 1 is 1.44 bits per heavy atom. The lowest BCUT2D eigenvalue weighted by Gasteiger charge is -2.18. The lowest BCUT2D eigenvalue weighted by molar-refractivity contribution is 0.502. The zero-order valence-electron chi connectivity index (χ0n) is 10.7. The number of nitrogens with one attached hydrogen (secondary N) is 2. The first-order chi connectivity index (χ1) is 8.70. The second kappa shape index (κ2) is 5.78. The molecule has 0 fully saturated rings. The van der Waals surface area contributed by atoms with Gasteiger partial charge in [0, 0.05) is 30.4 Å². The van der Waals surface area contributed by atoms with Crippen LogP contribution in [-0.4, -0.2) is 16.5 Å². The molecule has 3 nitrogen and oxygen atoms in total. The lowest BCUT2D eigenvalue weighted by atomic mass is 10.0. The number of imidazole rings is 1. The average Bonchev–Trinajstić information content (AvgIpc) is 2.85. The fourth-order valence-corrected chi connectivity index (χ4v) is 2.07. The van der Waals surface area contributed by atoms with Gasteiger partial charge in [0.1, 0.15) is 11.6 Å². The molecular formula is C14H18FN3. The number of aromatic amines is 1. The summed E-state index contributed by atoms with van der Waals surface area (Å²) in [7, 11) is 0. The summed E-state index contributed by atoms with van der Waals surface area (Å²) in [4.78, 5) is 7.25. The Hall–Kier alpha value is -1.68. The summed E-state index contributed by atoms with van der Waals surface area (Å²) < 4.78 is 13.9. The Balaban J connectivity index is 2.26. The number of likely N-dealkylation sites (N-methyl/N-ethyl adjacent to an activating group) is 1. The molecule has 4 heteroatoms. The van der Waals surface area contributed by atoms with Gasteiger partial charge in [0.05, 0.1) is 0 Å². The summed E-state index contributed by atoms with van der Waals surface area (Å²) in [6.45, 7) is 4.78. The maximum absolute atomic E-state index is 13.9. The first kappa shape index (κ1) is 12.8. The molecule has 2 N–H and O–H groups in total. The molecule has 96 valence electrons. The second-order valence-electron chi connectivity index (χ2n) is 4.38. The van der Waals surface area contributed by atoms with Crippen LogP contribution >= 0.6 is 0 Å². The van der Waals surface area contributed by atoms with Crippen LogP contribution in [0, 0.1) is 12.7 Å². The molecule has 1 aromatic heterocycles. The van der Waals surface area contributed by atoms with Crippen LogP contribution < -0.4 is 5.32 Å². The molecule has 2 aromatic rings. The first-order valence-electron chi connectivity index (χ1n) is 6.18. The normalized spacial score (nSPS) is 12.6. The molecule has 1 atom stereocenters. The highest BCUT2D eigenvalue weighted by molar-refractivity contribution is 5.27. The summed E-state index contributed by atoms with van der Waals surface area (Å²) >= 11 is 0. The Morgan fingerprint density at radius 2 is 2.28 bits per heavy atom. The van der Waals surface area contributed by atoms with Gasteiger partial charge in [0.2, 0.25) is 0 Å². The highest BCUT2D eigenvalue weighted by atomic mass is 19.1. The van der Waals surface area contributed by atoms with Crippen molar-refractivity contribution in [1.82, 2.24) is 15.3 Å². The lowest BCUT2D eigenvalue weighted by Crippen LogP contribution is -2.24. The molecular weight excluding hydrogens is 229 g/mol. The van der Waals surface area contributed by atoms with Gasteiger partial charge in [-0.15, -0.1) is 0 Å². The van der Waals surface area contributed by atoms with E-state index in [4.69, 9.17) is 0 Å². The fraction of sp³-hybridized carbons (Fsp3) is 0.357. The Labute approximate surface area is 106 Å². The van der Waals surface area contributed by atoms with Gasteiger partial charge in [-0.25, -0.2) is 9.37 Å². The van der Waals surface area contributed by atoms with Crippen molar-refractivity contribution in [2.24, 2.45) is 0 Å². The van der Waals surface area contributed by atoms with E-state index < -0.39 is 0 Å². The van der Waals surface area contributed by atoms with E-state index in [1.165, 1.54) is 6.07 Å². The average molecular weight is 247 g/mol. The SMILES string of the molecule is CCNC(Cc1ncc[nH]1)c1cc(C)ccc1F. The summed E-state index contributed by atoms with van der Waals surface area (Å²) in [5.41, 5.74) is 1.77. The third kappa shape index (κ3) is 2.96. The predicted octanol–water partition coefficient (Wildman–Crippen LogP) is 2.75. The minimum Gasteiger partial charge on any atom is -0.349 e. The number of hydrogen-bond donors (Lipinski definition) is 2. The van der Waals surface area contributed by atoms with E-state index in [0.717, 1.165) is 17.9 Å². The summed E-state index contributed by atoms with van der Waals surface area (Å²) in [5.74, 6) is 0.694. The Morgan fingerprint density at radius 3 is 2.94 bits per heavy atom. The molecule has 0 bridgehead atoms. The van der Waals surface area contributed by atoms with Crippen molar-refractivity contribution >= 4 is 0 Å². The van der Waals surface area contributed by atoms with E-state index in [9.17, 15) is 4.39 Å². The van der Waals surface area contributed by atoms with Crippen LogP contribution in [0.5, 0.6) is 0 Å². The second-order valence-corrected chi connectivity index (χ2v) is 4.38. The minimum atomic E-state index is -0.168. The molecule has 0 spiro atoms. The first-order valence-corrected chi connectivity index (χ1v) is 6.18. The number of H-pyrrole nitrogens is 1. The molecule has 0 radical (unpaired) electrons. The maximum atomic E-state index is 13.9. The molecule has 0 aliphatic heterocycles. The van der Waals surface area contributed by atoms with Gasteiger partial charge in [-0.05, 0) is 19.5 Å². The smallest absolute Gasteiger partial charge is 0.128 e. The molecule has 1 unspecified atom stereocenters. The molecule has 2 rings (SSSR count). The van der Waals surface area contributed by atoms with E-state index in [-0.39, 0.29) is 11.9 Å². The largest absolute Gasteiger partial charge is 0.349 e. The number of rotatable bonds is 5. The zero-order chi connectivity index (χ0) is 13.0. The van der Waals surface area contributed by atoms with Crippen molar-refractivity contribution in [3.63, 3.8) is 0 Å². The van der Waals surface area contributed by atoms with Crippen molar-refractivity contribution in [3.8, 4) is 0 Å². The van der Waals surface area contributed by atoms with Gasteiger partial charge in [-0.3, -0.25) is 0 Å². The van der Waals surface area contributed by atoms with Crippen LogP contribution in [0.15, 0.2) is 30.6 Å². The van der Waals surface area contributed by atoms with Gasteiger partial charge in [0.15, 0.2) is 0 Å². The van der Waals surface area contributed by atoms with Crippen molar-refractivity contribution in [3.05, 3.63) is 53.4 Å². The number of nitrogens with zero attached hydrogens (tertiary/aromatic N) is 1. The standard InChI is InChI=1S/C14H18FN3/c1-3-16-13(9-14-17-6-7-18-14)11-8-10(2)4-5-12(11)15/h4-8,13,16H,3,9H2,1-2H3,(H,17,18). The van der Waals surface area contributed by atoms with Crippen LogP contribution in [0.4, 0.5) is 4.39 Å². The van der Waals surface area contributed by atoms with Crippen molar-refractivity contribution in [2.45, 2.75) is 26.3 Å². The van der Waals surface area contributed by atoms with E-state index in [1.54, 1.807) is 18.5 Å². The monoisotopic (exact) mass is 247 g/mol. The van der Waals surface area contributed by atoms with E-state index >= 15 is 0 Å². The number of aromatic nitrogens is 2. The zero-order valence-corrected chi connectivity index (χ0v) is 10.7. The molecule has 18 heavy (non-hydrogen) atoms. The number of aryl methyl sites for hydroxylation is 1. The van der Waals surface area contributed by atoms with Crippen LogP contribution in [-0.2, 0) is 6.42 Å². The predicted molar refractivity (Wildman–Crippen MR) is 69.8 cm³/mol. The molecule has 1 aromatic carbocycles. The number of halogens is 1. The molecule has 0 saturated heterocycles. The maximum Gasteiger partial charge on any atom is 0.128 e. The fourth-order valence-electron chi connectivity index (χ4n) is 2.07. The minimum absolute atomic E-state index is 0.0546. The molecule has 0 aliphatic rings. The summed E-state index contributed by atoms with van der Waals surface area (Å²) in [6, 6.07) is 5.15. The van der Waals surface area contributed by atoms with E-state index in [2.05, 4.69) is 15.3 Å². The van der Waals surface area contributed by atoms with Gasteiger partial charge >= 0.3 is 0 Å². The quantitative estimate of drug-likeness (QED) is 0.853. The van der Waals surface area contributed by atoms with Crippen LogP contribution in [0.2, 0.25) is 0 Å². The topological polar surface area (TPSA) is 40.7 Å². The summed E-state index contributed by atoms with van der Waals surface area (Å²) in [5, 5.41) is 3.31. The van der Waals surface area contributed by atoms with Gasteiger partial charge in [0.25, 0.3) is 0 Å². The third-order valence-electron chi connectivity index (χ3n) is 2.93. The Bertz CT molecular complexity index is 494. The molecule has 1 heterocycles. The highest BCUT2D eigenvalue weighted by Crippen LogP contribution is 2.21. The van der Waals surface area contributed by atoms with E-state index in [0.29, 0.717) is 12.0 Å². The van der Waals surface area contributed by atoms with Crippen molar-refractivity contribution < 1.29 is 4.39 Å². The molecule has 0 amide bonds. The number of hydrogen-bond acceptors (Lipinski definition) is 2. The highest BCUT2D eigenvalue weighted by Gasteiger charge is 2.16. The van der Waals surface area contributed by atoms with Crippen molar-refractivity contribution in [1.29, 1.82) is 0 Å². The van der Waals surface area contributed by atoms with Gasteiger partial charge in [-0.2, -0.15) is 0 Å². The molecule has 0 aliphatic carbocycles. The molecule has 0 saturated carbocycles. The third-order valence-corrected chi connectivity index (χ3v) is 2.93. The van der Waals surface area contributed by atoms with Crippen LogP contribution in [0.3, 0.4) is 0 Å². The van der Waals surface area contributed by atoms with Crippen LogP contribution in [0.25, 0.3) is 0 Å². The Kier molecular flexibility index (Phi) is 4.10.